The second-order valence-corrected chi connectivity index (χ2v) is 14.4. The van der Waals surface area contributed by atoms with E-state index in [4.69, 9.17) is 4.43 Å². The zero-order valence-corrected chi connectivity index (χ0v) is 20.6. The predicted molar refractivity (Wildman–Crippen MR) is 127 cm³/mol. The quantitative estimate of drug-likeness (QED) is 0.356. The summed E-state index contributed by atoms with van der Waals surface area (Å²) in [6, 6.07) is 9.47. The van der Waals surface area contributed by atoms with Crippen molar-refractivity contribution in [1.82, 2.24) is 15.7 Å². The van der Waals surface area contributed by atoms with Gasteiger partial charge in [0.25, 0.3) is 11.8 Å². The molecule has 1 aliphatic rings. The summed E-state index contributed by atoms with van der Waals surface area (Å²) in [6.45, 7) is 13.5. The summed E-state index contributed by atoms with van der Waals surface area (Å²) in [7, 11) is -2.55. The molecule has 170 valence electrons. The molecule has 1 saturated heterocycles. The van der Waals surface area contributed by atoms with Crippen LogP contribution in [-0.2, 0) is 14.0 Å². The normalized spacial score (nSPS) is 15.4. The number of rotatable bonds is 6. The van der Waals surface area contributed by atoms with E-state index in [2.05, 4.69) is 44.7 Å². The van der Waals surface area contributed by atoms with Crippen LogP contribution in [-0.4, -0.2) is 56.7 Å². The number of carbonyl (C=O) groups excluding carboxylic acids is 2. The number of amides is 2. The van der Waals surface area contributed by atoms with Gasteiger partial charge in [-0.3, -0.25) is 20.4 Å². The molecule has 1 aliphatic heterocycles. The zero-order valence-electron chi connectivity index (χ0n) is 19.6. The van der Waals surface area contributed by atoms with E-state index >= 15 is 0 Å². The molecule has 31 heavy (non-hydrogen) atoms. The number of carbonyl (C=O) groups is 2. The number of hydrogen-bond donors (Lipinski definition) is 3. The van der Waals surface area contributed by atoms with Crippen molar-refractivity contribution in [3.63, 3.8) is 0 Å². The Bertz CT molecular complexity index is 797. The van der Waals surface area contributed by atoms with Crippen molar-refractivity contribution in [3.05, 3.63) is 41.5 Å². The molecule has 0 unspecified atom stereocenters. The van der Waals surface area contributed by atoms with Gasteiger partial charge < -0.3 is 14.3 Å². The van der Waals surface area contributed by atoms with Gasteiger partial charge in [0.15, 0.2) is 8.32 Å². The molecule has 0 bridgehead atoms. The first-order chi connectivity index (χ1) is 14.4. The van der Waals surface area contributed by atoms with E-state index in [1.54, 1.807) is 6.82 Å². The minimum atomic E-state index is -2.05. The largest absolute Gasteiger partial charge is 0.437 e. The van der Waals surface area contributed by atoms with Gasteiger partial charge in [-0.15, -0.1) is 0 Å². The fourth-order valence-electron chi connectivity index (χ4n) is 3.21. The molecule has 0 saturated carbocycles. The minimum absolute atomic E-state index is 0.00234. The number of benzene rings is 1. The molecule has 2 rings (SSSR count). The van der Waals surface area contributed by atoms with Crippen molar-refractivity contribution >= 4 is 32.8 Å². The van der Waals surface area contributed by atoms with E-state index in [1.807, 2.05) is 35.1 Å². The summed E-state index contributed by atoms with van der Waals surface area (Å²) >= 11 is 0. The van der Waals surface area contributed by atoms with E-state index in [-0.39, 0.29) is 23.5 Å². The molecule has 0 aliphatic carbocycles. The first-order valence-electron chi connectivity index (χ1n) is 10.8. The third-order valence-electron chi connectivity index (χ3n) is 6.26. The van der Waals surface area contributed by atoms with Crippen LogP contribution in [0.3, 0.4) is 0 Å². The van der Waals surface area contributed by atoms with Gasteiger partial charge >= 0.3 is 7.05 Å². The molecule has 2 amide bonds. The fourth-order valence-corrected chi connectivity index (χ4v) is 4.13. The molecule has 0 spiro atoms. The van der Waals surface area contributed by atoms with Gasteiger partial charge in [-0.05, 0) is 56.4 Å². The lowest BCUT2D eigenvalue weighted by Gasteiger charge is -2.35. The molecule has 0 aromatic heterocycles. The first-order valence-corrected chi connectivity index (χ1v) is 13.8. The molecule has 7 nitrogen and oxygen atoms in total. The molecule has 1 fully saturated rings. The molecule has 0 radical (unpaired) electrons. The van der Waals surface area contributed by atoms with Crippen LogP contribution in [0.2, 0.25) is 25.0 Å². The number of hydrogen-bond acceptors (Lipinski definition) is 5. The molecular weight excluding hydrogens is 409 g/mol. The Kier molecular flexibility index (Phi) is 8.65. The number of piperidine rings is 1. The van der Waals surface area contributed by atoms with Gasteiger partial charge in [0, 0.05) is 5.57 Å². The lowest BCUT2D eigenvalue weighted by molar-refractivity contribution is -0.128. The highest BCUT2D eigenvalue weighted by Crippen LogP contribution is 2.36. The van der Waals surface area contributed by atoms with Gasteiger partial charge in [-0.1, -0.05) is 56.7 Å². The van der Waals surface area contributed by atoms with Crippen LogP contribution in [0.1, 0.15) is 39.2 Å². The Hall–Kier alpha value is -1.94. The van der Waals surface area contributed by atoms with Gasteiger partial charge in [-0.2, -0.15) is 0 Å². The van der Waals surface area contributed by atoms with Crippen molar-refractivity contribution in [1.29, 1.82) is 0 Å². The Balaban J connectivity index is 2.06. The Morgan fingerprint density at radius 2 is 1.71 bits per heavy atom. The minimum Gasteiger partial charge on any atom is -0.437 e. The van der Waals surface area contributed by atoms with Crippen molar-refractivity contribution < 1.29 is 19.0 Å². The third kappa shape index (κ3) is 7.03. The monoisotopic (exact) mass is 445 g/mol. The van der Waals surface area contributed by atoms with Crippen LogP contribution in [0.4, 0.5) is 0 Å². The molecule has 9 heteroatoms. The summed E-state index contributed by atoms with van der Waals surface area (Å²) in [6.07, 6.45) is 1.37. The van der Waals surface area contributed by atoms with Gasteiger partial charge in [0.1, 0.15) is 6.61 Å². The summed E-state index contributed by atoms with van der Waals surface area (Å²) in [4.78, 5) is 27.3. The summed E-state index contributed by atoms with van der Waals surface area (Å²) in [5.41, 5.74) is 7.47. The van der Waals surface area contributed by atoms with Crippen LogP contribution >= 0.6 is 0 Å². The number of hydrazine groups is 1. The van der Waals surface area contributed by atoms with Gasteiger partial charge in [-0.25, -0.2) is 0 Å². The predicted octanol–water partition coefficient (Wildman–Crippen LogP) is 2.82. The van der Waals surface area contributed by atoms with Crippen LogP contribution in [0.15, 0.2) is 35.9 Å². The molecular formula is C22H36BN3O4Si. The third-order valence-corrected chi connectivity index (χ3v) is 10.7. The van der Waals surface area contributed by atoms with Crippen LogP contribution in [0, 0.1) is 0 Å². The first kappa shape index (κ1) is 25.3. The maximum absolute atomic E-state index is 13.0. The van der Waals surface area contributed by atoms with E-state index in [0.717, 1.165) is 11.1 Å². The van der Waals surface area contributed by atoms with Gasteiger partial charge in [0.2, 0.25) is 0 Å². The maximum Gasteiger partial charge on any atom is 0.376 e. The Morgan fingerprint density at radius 3 is 2.23 bits per heavy atom. The van der Waals surface area contributed by atoms with Crippen molar-refractivity contribution in [2.75, 3.05) is 19.7 Å². The van der Waals surface area contributed by atoms with Crippen LogP contribution < -0.4 is 10.9 Å². The average molecular weight is 445 g/mol. The lowest BCUT2D eigenvalue weighted by Crippen LogP contribution is -2.48. The molecule has 1 aromatic rings. The summed E-state index contributed by atoms with van der Waals surface area (Å²) in [5.74, 6) is -0.716. The Morgan fingerprint density at radius 1 is 1.13 bits per heavy atom. The highest BCUT2D eigenvalue weighted by molar-refractivity contribution is 6.74. The standard InChI is InChI=1S/C22H36BN3O4Si/c1-22(2,3)31(5,6)30-16-19(27)24-25-21(28)20(17-10-8-7-9-11-17)18-12-14-26(15-13-18)23(4)29/h7-11,29H,12-16H2,1-6H3,(H,24,27)(H,25,28). The van der Waals surface area contributed by atoms with Crippen molar-refractivity contribution in [2.24, 2.45) is 0 Å². The van der Waals surface area contributed by atoms with E-state index in [0.29, 0.717) is 31.5 Å². The van der Waals surface area contributed by atoms with Crippen LogP contribution in [0.25, 0.3) is 5.57 Å². The molecule has 0 atom stereocenters. The fraction of sp³-hybridized carbons (Fsp3) is 0.545. The second kappa shape index (κ2) is 10.6. The van der Waals surface area contributed by atoms with E-state index in [9.17, 15) is 14.6 Å². The maximum atomic E-state index is 13.0. The van der Waals surface area contributed by atoms with Gasteiger partial charge in [0.05, 0.1) is 0 Å². The number of nitrogens with zero attached hydrogens (tertiary/aromatic N) is 1. The van der Waals surface area contributed by atoms with E-state index in [1.165, 1.54) is 0 Å². The lowest BCUT2D eigenvalue weighted by atomic mass is 9.81. The topological polar surface area (TPSA) is 90.9 Å². The Labute approximate surface area is 187 Å². The van der Waals surface area contributed by atoms with Crippen LogP contribution in [0.5, 0.6) is 0 Å². The van der Waals surface area contributed by atoms with Crippen molar-refractivity contribution in [2.45, 2.75) is 58.6 Å². The highest BCUT2D eigenvalue weighted by Gasteiger charge is 2.37. The molecule has 1 aromatic carbocycles. The average Bonchev–Trinajstić information content (AvgIpc) is 2.71. The zero-order chi connectivity index (χ0) is 23.2. The highest BCUT2D eigenvalue weighted by atomic mass is 28.4. The second-order valence-electron chi connectivity index (χ2n) is 9.56. The van der Waals surface area contributed by atoms with Crippen molar-refractivity contribution in [3.8, 4) is 0 Å². The molecule has 3 N–H and O–H groups in total. The van der Waals surface area contributed by atoms with E-state index < -0.39 is 15.4 Å². The smallest absolute Gasteiger partial charge is 0.376 e. The SMILES string of the molecule is CB(O)N1CCC(=C(C(=O)NNC(=O)CO[Si](C)(C)C(C)(C)C)c2ccccc2)CC1. The number of nitrogens with one attached hydrogen (secondary N) is 2. The molecule has 1 heterocycles. The summed E-state index contributed by atoms with van der Waals surface area (Å²) < 4.78 is 5.92. The summed E-state index contributed by atoms with van der Waals surface area (Å²) in [5, 5.41) is 9.81.